The first-order chi connectivity index (χ1) is 7.00. The highest BCUT2D eigenvalue weighted by Gasteiger charge is 2.36. The van der Waals surface area contributed by atoms with Gasteiger partial charge in [0.1, 0.15) is 11.6 Å². The molecule has 0 bridgehead atoms. The Hall–Kier alpha value is -0.960. The average molecular weight is 211 g/mol. The standard InChI is InChI=1S/C12H15F2N/c1-12(2)7-15-6-10(12)9-5-8(13)3-4-11(9)14/h3-5,10,15H,6-7H2,1-2H3/t10-/m0/s1. The monoisotopic (exact) mass is 211 g/mol. The van der Waals surface area contributed by atoms with E-state index in [0.717, 1.165) is 12.6 Å². The van der Waals surface area contributed by atoms with Crippen molar-refractivity contribution >= 4 is 0 Å². The highest BCUT2D eigenvalue weighted by atomic mass is 19.1. The Morgan fingerprint density at radius 2 is 2.07 bits per heavy atom. The lowest BCUT2D eigenvalue weighted by molar-refractivity contribution is 0.354. The van der Waals surface area contributed by atoms with Gasteiger partial charge in [-0.3, -0.25) is 0 Å². The summed E-state index contributed by atoms with van der Waals surface area (Å²) >= 11 is 0. The van der Waals surface area contributed by atoms with Crippen LogP contribution >= 0.6 is 0 Å². The van der Waals surface area contributed by atoms with Gasteiger partial charge in [-0.2, -0.15) is 0 Å². The number of benzene rings is 1. The number of rotatable bonds is 1. The zero-order valence-corrected chi connectivity index (χ0v) is 8.98. The van der Waals surface area contributed by atoms with Gasteiger partial charge in [0, 0.05) is 19.0 Å². The number of nitrogens with one attached hydrogen (secondary N) is 1. The van der Waals surface area contributed by atoms with Crippen LogP contribution in [-0.4, -0.2) is 13.1 Å². The Balaban J connectivity index is 2.40. The van der Waals surface area contributed by atoms with Crippen molar-refractivity contribution < 1.29 is 8.78 Å². The second-order valence-electron chi connectivity index (χ2n) is 4.84. The molecule has 3 heteroatoms. The predicted octanol–water partition coefficient (Wildman–Crippen LogP) is 2.68. The molecule has 1 fully saturated rings. The lowest BCUT2D eigenvalue weighted by Crippen LogP contribution is -2.21. The van der Waals surface area contributed by atoms with Gasteiger partial charge in [-0.1, -0.05) is 13.8 Å². The van der Waals surface area contributed by atoms with Crippen molar-refractivity contribution in [3.05, 3.63) is 35.4 Å². The van der Waals surface area contributed by atoms with Crippen molar-refractivity contribution in [1.82, 2.24) is 5.32 Å². The molecular weight excluding hydrogens is 196 g/mol. The Bertz CT molecular complexity index is 374. The first kappa shape index (κ1) is 10.6. The summed E-state index contributed by atoms with van der Waals surface area (Å²) in [5.74, 6) is -0.625. The van der Waals surface area contributed by atoms with Crippen LogP contribution in [0.15, 0.2) is 18.2 Å². The maximum Gasteiger partial charge on any atom is 0.126 e. The third-order valence-electron chi connectivity index (χ3n) is 3.21. The summed E-state index contributed by atoms with van der Waals surface area (Å²) in [5, 5.41) is 3.22. The zero-order chi connectivity index (χ0) is 11.1. The highest BCUT2D eigenvalue weighted by Crippen LogP contribution is 2.39. The predicted molar refractivity (Wildman–Crippen MR) is 55.7 cm³/mol. The van der Waals surface area contributed by atoms with Crippen molar-refractivity contribution in [3.8, 4) is 0 Å². The van der Waals surface area contributed by atoms with Crippen LogP contribution in [0.3, 0.4) is 0 Å². The molecule has 0 saturated carbocycles. The summed E-state index contributed by atoms with van der Waals surface area (Å²) in [5.41, 5.74) is 0.472. The van der Waals surface area contributed by atoms with Gasteiger partial charge < -0.3 is 5.32 Å². The molecule has 0 aromatic heterocycles. The van der Waals surface area contributed by atoms with E-state index in [2.05, 4.69) is 19.2 Å². The molecule has 1 atom stereocenters. The summed E-state index contributed by atoms with van der Waals surface area (Å²) in [6, 6.07) is 3.68. The van der Waals surface area contributed by atoms with Gasteiger partial charge in [0.25, 0.3) is 0 Å². The zero-order valence-electron chi connectivity index (χ0n) is 8.98. The summed E-state index contributed by atoms with van der Waals surface area (Å²) in [4.78, 5) is 0. The fraction of sp³-hybridized carbons (Fsp3) is 0.500. The van der Waals surface area contributed by atoms with Crippen LogP contribution in [-0.2, 0) is 0 Å². The SMILES string of the molecule is CC1(C)CNC[C@H]1c1cc(F)ccc1F. The fourth-order valence-corrected chi connectivity index (χ4v) is 2.25. The Morgan fingerprint density at radius 3 is 2.67 bits per heavy atom. The van der Waals surface area contributed by atoms with Crippen molar-refractivity contribution in [3.63, 3.8) is 0 Å². The molecular formula is C12H15F2N. The number of hydrogen-bond acceptors (Lipinski definition) is 1. The van der Waals surface area contributed by atoms with E-state index in [-0.39, 0.29) is 23.0 Å². The van der Waals surface area contributed by atoms with Crippen LogP contribution in [0, 0.1) is 17.0 Å². The summed E-state index contributed by atoms with van der Waals surface area (Å²) < 4.78 is 26.6. The van der Waals surface area contributed by atoms with Gasteiger partial charge in [0.2, 0.25) is 0 Å². The Morgan fingerprint density at radius 1 is 1.33 bits per heavy atom. The molecule has 2 rings (SSSR count). The van der Waals surface area contributed by atoms with Crippen molar-refractivity contribution in [2.45, 2.75) is 19.8 Å². The van der Waals surface area contributed by atoms with Gasteiger partial charge in [0.05, 0.1) is 0 Å². The van der Waals surface area contributed by atoms with Crippen LogP contribution in [0.5, 0.6) is 0 Å². The molecule has 1 saturated heterocycles. The fourth-order valence-electron chi connectivity index (χ4n) is 2.25. The third kappa shape index (κ3) is 1.88. The van der Waals surface area contributed by atoms with Crippen molar-refractivity contribution in [2.75, 3.05) is 13.1 Å². The molecule has 1 aliphatic heterocycles. The van der Waals surface area contributed by atoms with Crippen LogP contribution < -0.4 is 5.32 Å². The van der Waals surface area contributed by atoms with E-state index in [9.17, 15) is 8.78 Å². The average Bonchev–Trinajstić information content (AvgIpc) is 2.50. The minimum Gasteiger partial charge on any atom is -0.316 e. The summed E-state index contributed by atoms with van der Waals surface area (Å²) in [6.07, 6.45) is 0. The first-order valence-electron chi connectivity index (χ1n) is 5.16. The second kappa shape index (κ2) is 3.56. The number of halogens is 2. The molecule has 1 aliphatic rings. The third-order valence-corrected chi connectivity index (χ3v) is 3.21. The molecule has 0 radical (unpaired) electrons. The largest absolute Gasteiger partial charge is 0.316 e. The smallest absolute Gasteiger partial charge is 0.126 e. The maximum atomic E-state index is 13.6. The Labute approximate surface area is 88.5 Å². The van der Waals surface area contributed by atoms with Crippen molar-refractivity contribution in [2.24, 2.45) is 5.41 Å². The summed E-state index contributed by atoms with van der Waals surface area (Å²) in [7, 11) is 0. The van der Waals surface area contributed by atoms with E-state index < -0.39 is 0 Å². The second-order valence-corrected chi connectivity index (χ2v) is 4.84. The molecule has 1 aromatic carbocycles. The van der Waals surface area contributed by atoms with E-state index in [4.69, 9.17) is 0 Å². The van der Waals surface area contributed by atoms with Crippen LogP contribution in [0.1, 0.15) is 25.3 Å². The molecule has 1 aromatic rings. The van der Waals surface area contributed by atoms with Crippen LogP contribution in [0.4, 0.5) is 8.78 Å². The lowest BCUT2D eigenvalue weighted by atomic mass is 9.77. The Kier molecular flexibility index (Phi) is 2.51. The minimum atomic E-state index is -0.367. The molecule has 15 heavy (non-hydrogen) atoms. The normalized spacial score (nSPS) is 24.4. The molecule has 0 spiro atoms. The molecule has 1 heterocycles. The van der Waals surface area contributed by atoms with Gasteiger partial charge in [-0.15, -0.1) is 0 Å². The van der Waals surface area contributed by atoms with Crippen molar-refractivity contribution in [1.29, 1.82) is 0 Å². The lowest BCUT2D eigenvalue weighted by Gasteiger charge is -2.26. The van der Waals surface area contributed by atoms with E-state index in [0.29, 0.717) is 12.1 Å². The molecule has 1 N–H and O–H groups in total. The highest BCUT2D eigenvalue weighted by molar-refractivity contribution is 5.26. The van der Waals surface area contributed by atoms with Crippen LogP contribution in [0.25, 0.3) is 0 Å². The molecule has 82 valence electrons. The van der Waals surface area contributed by atoms with E-state index in [1.807, 2.05) is 0 Å². The van der Waals surface area contributed by atoms with Gasteiger partial charge in [-0.05, 0) is 29.2 Å². The first-order valence-corrected chi connectivity index (χ1v) is 5.16. The molecule has 0 aliphatic carbocycles. The quantitative estimate of drug-likeness (QED) is 0.753. The van der Waals surface area contributed by atoms with Gasteiger partial charge in [-0.25, -0.2) is 8.78 Å². The van der Waals surface area contributed by atoms with E-state index in [1.54, 1.807) is 0 Å². The van der Waals surface area contributed by atoms with E-state index in [1.165, 1.54) is 12.1 Å². The topological polar surface area (TPSA) is 12.0 Å². The van der Waals surface area contributed by atoms with Gasteiger partial charge in [0.15, 0.2) is 0 Å². The van der Waals surface area contributed by atoms with Crippen LogP contribution in [0.2, 0.25) is 0 Å². The number of hydrogen-bond donors (Lipinski definition) is 1. The molecule has 0 amide bonds. The van der Waals surface area contributed by atoms with Gasteiger partial charge >= 0.3 is 0 Å². The van der Waals surface area contributed by atoms with E-state index >= 15 is 0 Å². The maximum absolute atomic E-state index is 13.6. The minimum absolute atomic E-state index is 0.0192. The molecule has 1 nitrogen and oxygen atoms in total. The summed E-state index contributed by atoms with van der Waals surface area (Å²) in [6.45, 7) is 5.70. The molecule has 0 unspecified atom stereocenters.